The zero-order valence-corrected chi connectivity index (χ0v) is 36.6. The molecular formula is C54H32B2N2O2Se2. The number of hydrogen-bond acceptors (Lipinski definition) is 4. The first kappa shape index (κ1) is 36.0. The van der Waals surface area contributed by atoms with Crippen molar-refractivity contribution in [3.63, 3.8) is 0 Å². The van der Waals surface area contributed by atoms with Gasteiger partial charge in [0, 0.05) is 0 Å². The molecule has 4 heterocycles. The normalized spacial score (nSPS) is 13.2. The van der Waals surface area contributed by atoms with Crippen LogP contribution in [0.25, 0.3) is 43.9 Å². The summed E-state index contributed by atoms with van der Waals surface area (Å²) in [5.74, 6) is 0. The van der Waals surface area contributed by atoms with Crippen molar-refractivity contribution < 1.29 is 8.83 Å². The topological polar surface area (TPSA) is 32.8 Å². The van der Waals surface area contributed by atoms with Gasteiger partial charge in [-0.2, -0.15) is 0 Å². The Morgan fingerprint density at radius 2 is 0.952 bits per heavy atom. The first-order chi connectivity index (χ1) is 30.6. The number of nitrogens with zero attached hydrogens (tertiary/aromatic N) is 2. The van der Waals surface area contributed by atoms with Crippen LogP contribution in [0.1, 0.15) is 0 Å². The van der Waals surface area contributed by atoms with Crippen molar-refractivity contribution >= 4 is 165 Å². The summed E-state index contributed by atoms with van der Waals surface area (Å²) in [6.45, 7) is -0.170. The van der Waals surface area contributed by atoms with Gasteiger partial charge in [-0.05, 0) is 0 Å². The maximum atomic E-state index is 6.62. The Hall–Kier alpha value is -6.65. The molecule has 2 radical (unpaired) electrons. The van der Waals surface area contributed by atoms with Crippen molar-refractivity contribution in [2.24, 2.45) is 0 Å². The third-order valence-corrected chi connectivity index (χ3v) is 14.4. The molecule has 0 N–H and O–H groups in total. The average Bonchev–Trinajstić information content (AvgIpc) is 3.88. The molecule has 4 nitrogen and oxygen atoms in total. The van der Waals surface area contributed by atoms with E-state index in [1.807, 2.05) is 6.07 Å². The van der Waals surface area contributed by atoms with Crippen LogP contribution in [0, 0.1) is 0 Å². The number of benzene rings is 9. The van der Waals surface area contributed by atoms with E-state index in [1.165, 1.54) is 32.8 Å². The van der Waals surface area contributed by atoms with Crippen molar-refractivity contribution in [3.05, 3.63) is 194 Å². The predicted molar refractivity (Wildman–Crippen MR) is 263 cm³/mol. The summed E-state index contributed by atoms with van der Waals surface area (Å²) in [7, 11) is 0. The van der Waals surface area contributed by atoms with Gasteiger partial charge < -0.3 is 0 Å². The number of hydrogen-bond donors (Lipinski definition) is 0. The molecule has 0 spiro atoms. The Bertz CT molecular complexity index is 3610. The van der Waals surface area contributed by atoms with Crippen LogP contribution in [0.4, 0.5) is 34.1 Å². The van der Waals surface area contributed by atoms with Crippen molar-refractivity contribution in [1.29, 1.82) is 0 Å². The van der Waals surface area contributed by atoms with E-state index in [0.29, 0.717) is 0 Å². The molecule has 0 amide bonds. The Balaban J connectivity index is 1.09. The fourth-order valence-electron chi connectivity index (χ4n) is 10.4. The van der Waals surface area contributed by atoms with Crippen molar-refractivity contribution in [2.75, 3.05) is 9.80 Å². The summed E-state index contributed by atoms with van der Waals surface area (Å²) in [4.78, 5) is 4.85. The summed E-state index contributed by atoms with van der Waals surface area (Å²) < 4.78 is 15.4. The molecule has 8 heteroatoms. The van der Waals surface area contributed by atoms with Crippen LogP contribution in [0.2, 0.25) is 0 Å². The number of para-hydroxylation sites is 6. The van der Waals surface area contributed by atoms with Crippen LogP contribution in [0.5, 0.6) is 0 Å². The molecule has 2 aliphatic rings. The third kappa shape index (κ3) is 5.28. The fraction of sp³-hybridized carbons (Fsp3) is 0. The van der Waals surface area contributed by atoms with Crippen LogP contribution in [-0.4, -0.2) is 45.5 Å². The molecule has 62 heavy (non-hydrogen) atoms. The van der Waals surface area contributed by atoms with Crippen molar-refractivity contribution in [1.82, 2.24) is 0 Å². The Labute approximate surface area is 375 Å². The van der Waals surface area contributed by atoms with Crippen LogP contribution >= 0.6 is 0 Å². The van der Waals surface area contributed by atoms with Gasteiger partial charge in [0.25, 0.3) is 0 Å². The molecule has 288 valence electrons. The van der Waals surface area contributed by atoms with E-state index in [-0.39, 0.29) is 13.4 Å². The van der Waals surface area contributed by atoms with Crippen LogP contribution < -0.4 is 51.5 Å². The molecule has 2 aliphatic heterocycles. The molecule has 9 aromatic carbocycles. The molecular weight excluding hydrogens is 888 g/mol. The first-order valence-corrected chi connectivity index (χ1v) is 22.6. The van der Waals surface area contributed by atoms with Gasteiger partial charge >= 0.3 is 378 Å². The SMILES string of the molecule is [Se]c1ccc(B2c3ccccc3N(c3ccccc3)c3c2c([Se])cc2oc4ccccc4c32)cc1B1c2ccccc2N(c2ccccc2)c2cc3oc4ccccc4c3cc21. The number of anilines is 6. The van der Waals surface area contributed by atoms with Gasteiger partial charge in [-0.15, -0.1) is 0 Å². The van der Waals surface area contributed by atoms with Gasteiger partial charge in [0.2, 0.25) is 0 Å². The summed E-state index contributed by atoms with van der Waals surface area (Å²) in [6.07, 6.45) is 0. The van der Waals surface area contributed by atoms with E-state index < -0.39 is 0 Å². The monoisotopic (exact) mass is 922 g/mol. The van der Waals surface area contributed by atoms with Crippen molar-refractivity contribution in [3.8, 4) is 0 Å². The molecule has 2 aromatic heterocycles. The van der Waals surface area contributed by atoms with Gasteiger partial charge in [0.05, 0.1) is 0 Å². The van der Waals surface area contributed by atoms with E-state index in [4.69, 9.17) is 8.83 Å². The van der Waals surface area contributed by atoms with E-state index in [9.17, 15) is 0 Å². The Kier molecular flexibility index (Phi) is 8.10. The minimum absolute atomic E-state index is 0.0810. The van der Waals surface area contributed by atoms with Crippen LogP contribution in [0.3, 0.4) is 0 Å². The molecule has 0 fully saturated rings. The molecule has 13 rings (SSSR count). The third-order valence-electron chi connectivity index (χ3n) is 12.9. The first-order valence-electron chi connectivity index (χ1n) is 20.9. The van der Waals surface area contributed by atoms with Crippen molar-refractivity contribution in [2.45, 2.75) is 0 Å². The molecule has 0 bridgehead atoms. The molecule has 0 aliphatic carbocycles. The Morgan fingerprint density at radius 1 is 0.371 bits per heavy atom. The van der Waals surface area contributed by atoms with E-state index in [1.54, 1.807) is 0 Å². The van der Waals surface area contributed by atoms with E-state index in [0.717, 1.165) is 86.9 Å². The van der Waals surface area contributed by atoms with E-state index in [2.05, 4.69) is 230 Å². The number of fused-ring (bicyclic) bond motifs is 11. The summed E-state index contributed by atoms with van der Waals surface area (Å²) in [5.41, 5.74) is 17.7. The quantitative estimate of drug-likeness (QED) is 0.170. The molecule has 0 atom stereocenters. The average molecular weight is 920 g/mol. The summed E-state index contributed by atoms with van der Waals surface area (Å²) in [5, 5.41) is 4.46. The summed E-state index contributed by atoms with van der Waals surface area (Å²) >= 11 is 7.05. The summed E-state index contributed by atoms with van der Waals surface area (Å²) in [6, 6.07) is 70.0. The second kappa shape index (κ2) is 13.9. The van der Waals surface area contributed by atoms with Gasteiger partial charge in [-0.3, -0.25) is 0 Å². The maximum absolute atomic E-state index is 6.62. The zero-order chi connectivity index (χ0) is 41.1. The zero-order valence-electron chi connectivity index (χ0n) is 33.2. The number of furan rings is 2. The van der Waals surface area contributed by atoms with Crippen LogP contribution in [0.15, 0.2) is 203 Å². The van der Waals surface area contributed by atoms with Gasteiger partial charge in [-0.1, -0.05) is 0 Å². The number of rotatable bonds is 4. The molecule has 0 saturated heterocycles. The van der Waals surface area contributed by atoms with Crippen LogP contribution in [-0.2, 0) is 0 Å². The molecule has 0 unspecified atom stereocenters. The Morgan fingerprint density at radius 3 is 1.69 bits per heavy atom. The second-order valence-corrected chi connectivity index (χ2v) is 18.1. The van der Waals surface area contributed by atoms with Gasteiger partial charge in [-0.25, -0.2) is 0 Å². The molecule has 11 aromatic rings. The predicted octanol–water partition coefficient (Wildman–Crippen LogP) is 7.67. The molecule has 0 saturated carbocycles. The van der Waals surface area contributed by atoms with Gasteiger partial charge in [0.1, 0.15) is 0 Å². The minimum atomic E-state index is -0.0887. The standard InChI is InChI=1S/C54H32B2N2O2Se2/c61-50-28-27-33(55-39-21-9-12-24-44(39)58(35-17-5-2-6-18-35)54-52-37-20-8-14-26-47(37)60-49(52)32-51(62)53(54)55)29-42(50)56-40-22-10-11-23-43(40)57(34-15-3-1-4-16-34)45-31-48-38(30-41(45)56)36-19-7-13-25-46(36)59-48/h1-32H. The fourth-order valence-corrected chi connectivity index (χ4v) is 11.6. The van der Waals surface area contributed by atoms with Gasteiger partial charge in [0.15, 0.2) is 0 Å². The van der Waals surface area contributed by atoms with E-state index >= 15 is 0 Å². The second-order valence-electron chi connectivity index (χ2n) is 16.2.